The summed E-state index contributed by atoms with van der Waals surface area (Å²) in [5, 5.41) is 10.8. The third-order valence-corrected chi connectivity index (χ3v) is 5.02. The van der Waals surface area contributed by atoms with E-state index in [1.54, 1.807) is 6.20 Å². The Hall–Kier alpha value is -2.47. The third-order valence-electron chi connectivity index (χ3n) is 5.02. The van der Waals surface area contributed by atoms with Gasteiger partial charge in [-0.15, -0.1) is 0 Å². The Kier molecular flexibility index (Phi) is 3.90. The first-order chi connectivity index (χ1) is 11.7. The lowest BCUT2D eigenvalue weighted by molar-refractivity contribution is -0.389. The molecular formula is C18H20N4O2. The van der Waals surface area contributed by atoms with Crippen molar-refractivity contribution >= 4 is 11.5 Å². The van der Waals surface area contributed by atoms with Gasteiger partial charge in [0.2, 0.25) is 0 Å². The number of likely N-dealkylation sites (tertiary alicyclic amines) is 1. The number of aromatic nitrogens is 1. The normalized spacial score (nSPS) is 23.4. The van der Waals surface area contributed by atoms with Crippen LogP contribution in [0.15, 0.2) is 48.7 Å². The van der Waals surface area contributed by atoms with E-state index in [0.29, 0.717) is 12.1 Å². The highest BCUT2D eigenvalue weighted by Gasteiger charge is 2.40. The molecule has 6 heteroatoms. The van der Waals surface area contributed by atoms with Crippen molar-refractivity contribution in [1.82, 2.24) is 9.88 Å². The Balaban J connectivity index is 1.47. The first-order valence-corrected chi connectivity index (χ1v) is 8.36. The molecule has 6 nitrogen and oxygen atoms in total. The summed E-state index contributed by atoms with van der Waals surface area (Å²) in [6, 6.07) is 14.8. The van der Waals surface area contributed by atoms with Gasteiger partial charge in [0.15, 0.2) is 6.20 Å². The van der Waals surface area contributed by atoms with Crippen molar-refractivity contribution in [1.29, 1.82) is 0 Å². The van der Waals surface area contributed by atoms with Crippen molar-refractivity contribution in [3.05, 3.63) is 64.3 Å². The summed E-state index contributed by atoms with van der Waals surface area (Å²) in [5.41, 5.74) is 2.36. The lowest BCUT2D eigenvalue weighted by Crippen LogP contribution is -2.53. The van der Waals surface area contributed by atoms with Crippen molar-refractivity contribution in [3.8, 4) is 0 Å². The Morgan fingerprint density at radius 2 is 1.79 bits per heavy atom. The van der Waals surface area contributed by atoms with Crippen molar-refractivity contribution in [2.45, 2.75) is 31.5 Å². The maximum atomic E-state index is 10.8. The summed E-state index contributed by atoms with van der Waals surface area (Å²) in [7, 11) is 0. The van der Waals surface area contributed by atoms with E-state index >= 15 is 0 Å². The van der Waals surface area contributed by atoms with Gasteiger partial charge < -0.3 is 15.0 Å². The molecule has 2 fully saturated rings. The molecule has 2 aromatic rings. The highest BCUT2D eigenvalue weighted by molar-refractivity contribution is 5.50. The lowest BCUT2D eigenvalue weighted by Gasteiger charge is -2.42. The van der Waals surface area contributed by atoms with Crippen LogP contribution in [0.5, 0.6) is 0 Å². The molecule has 4 rings (SSSR count). The molecule has 2 unspecified atom stereocenters. The van der Waals surface area contributed by atoms with Gasteiger partial charge in [0.25, 0.3) is 0 Å². The second-order valence-electron chi connectivity index (χ2n) is 6.60. The largest absolute Gasteiger partial charge is 0.363 e. The zero-order chi connectivity index (χ0) is 16.5. The molecule has 24 heavy (non-hydrogen) atoms. The molecule has 0 N–H and O–H groups in total. The maximum absolute atomic E-state index is 10.8. The van der Waals surface area contributed by atoms with Crippen LogP contribution < -0.4 is 4.90 Å². The van der Waals surface area contributed by atoms with Gasteiger partial charge in [-0.2, -0.15) is 0 Å². The minimum absolute atomic E-state index is 0.0891. The molecule has 2 aliphatic rings. The number of pyridine rings is 1. The summed E-state index contributed by atoms with van der Waals surface area (Å²) >= 11 is 0. The van der Waals surface area contributed by atoms with Gasteiger partial charge in [-0.25, -0.2) is 0 Å². The number of benzene rings is 1. The van der Waals surface area contributed by atoms with Gasteiger partial charge >= 0.3 is 5.82 Å². The number of rotatable bonds is 4. The van der Waals surface area contributed by atoms with Gasteiger partial charge in [-0.05, 0) is 34.4 Å². The van der Waals surface area contributed by atoms with Crippen LogP contribution in [-0.4, -0.2) is 40.0 Å². The van der Waals surface area contributed by atoms with Crippen LogP contribution in [0, 0.1) is 10.1 Å². The predicted octanol–water partition coefficient (Wildman–Crippen LogP) is 2.84. The number of fused-ring (bicyclic) bond motifs is 2. The molecule has 1 aromatic heterocycles. The summed E-state index contributed by atoms with van der Waals surface area (Å²) < 4.78 is 0. The molecule has 0 saturated carbocycles. The fraction of sp³-hybridized carbons (Fsp3) is 0.389. The average molecular weight is 324 g/mol. The zero-order valence-corrected chi connectivity index (χ0v) is 13.4. The van der Waals surface area contributed by atoms with E-state index < -0.39 is 4.92 Å². The summed E-state index contributed by atoms with van der Waals surface area (Å²) in [4.78, 5) is 19.2. The minimum atomic E-state index is -0.448. The topological polar surface area (TPSA) is 62.5 Å². The van der Waals surface area contributed by atoms with Crippen LogP contribution in [0.2, 0.25) is 0 Å². The number of hydrogen-bond acceptors (Lipinski definition) is 5. The Morgan fingerprint density at radius 3 is 2.38 bits per heavy atom. The van der Waals surface area contributed by atoms with E-state index in [4.69, 9.17) is 0 Å². The van der Waals surface area contributed by atoms with E-state index in [0.717, 1.165) is 25.3 Å². The van der Waals surface area contributed by atoms with Crippen LogP contribution >= 0.6 is 0 Å². The van der Waals surface area contributed by atoms with Crippen LogP contribution in [0.25, 0.3) is 0 Å². The second kappa shape index (κ2) is 6.20. The average Bonchev–Trinajstić information content (AvgIpc) is 2.87. The van der Waals surface area contributed by atoms with Gasteiger partial charge in [0.05, 0.1) is 5.69 Å². The zero-order valence-electron chi connectivity index (χ0n) is 13.4. The highest BCUT2D eigenvalue weighted by Crippen LogP contribution is 2.35. The summed E-state index contributed by atoms with van der Waals surface area (Å²) in [6.45, 7) is 3.05. The first-order valence-electron chi connectivity index (χ1n) is 8.36. The number of nitrogens with zero attached hydrogens (tertiary/aromatic N) is 4. The second-order valence-corrected chi connectivity index (χ2v) is 6.60. The fourth-order valence-electron chi connectivity index (χ4n) is 4.02. The summed E-state index contributed by atoms with van der Waals surface area (Å²) in [5.74, 6) is -0.0891. The van der Waals surface area contributed by atoms with Crippen molar-refractivity contribution in [3.63, 3.8) is 0 Å². The van der Waals surface area contributed by atoms with E-state index in [1.165, 1.54) is 24.5 Å². The number of hydrogen-bond donors (Lipinski definition) is 0. The fourth-order valence-corrected chi connectivity index (χ4v) is 4.02. The smallest absolute Gasteiger partial charge is 0.360 e. The van der Waals surface area contributed by atoms with Crippen molar-refractivity contribution in [2.24, 2.45) is 0 Å². The maximum Gasteiger partial charge on any atom is 0.363 e. The lowest BCUT2D eigenvalue weighted by atomic mass is 10.1. The van der Waals surface area contributed by atoms with Crippen LogP contribution in [0.3, 0.4) is 0 Å². The molecule has 2 bridgehead atoms. The quantitative estimate of drug-likeness (QED) is 0.639. The summed E-state index contributed by atoms with van der Waals surface area (Å²) in [6.07, 6.45) is 4.00. The molecule has 1 aromatic carbocycles. The SMILES string of the molecule is O=[N+]([O-])c1ccc(N2C3CCC2CN(Cc2ccccc2)C3)cn1. The van der Waals surface area contributed by atoms with Crippen LogP contribution in [0.1, 0.15) is 18.4 Å². The van der Waals surface area contributed by atoms with Crippen molar-refractivity contribution < 1.29 is 4.92 Å². The van der Waals surface area contributed by atoms with Gasteiger partial charge in [-0.1, -0.05) is 30.3 Å². The Labute approximate surface area is 140 Å². The standard InChI is InChI=1S/C18H20N4O2/c23-22(24)18-9-8-15(10-19-18)21-16-6-7-17(21)13-20(12-16)11-14-4-2-1-3-5-14/h1-5,8-10,16-17H,6-7,11-13H2. The number of piperazine rings is 1. The molecule has 2 aliphatic heterocycles. The van der Waals surface area contributed by atoms with Gasteiger partial charge in [0.1, 0.15) is 0 Å². The Morgan fingerprint density at radius 1 is 1.08 bits per heavy atom. The predicted molar refractivity (Wildman–Crippen MR) is 91.9 cm³/mol. The van der Waals surface area contributed by atoms with Crippen LogP contribution in [-0.2, 0) is 6.54 Å². The number of anilines is 1. The molecule has 0 spiro atoms. The molecule has 124 valence electrons. The minimum Gasteiger partial charge on any atom is -0.360 e. The van der Waals surface area contributed by atoms with E-state index in [1.807, 2.05) is 12.1 Å². The van der Waals surface area contributed by atoms with E-state index in [-0.39, 0.29) is 5.82 Å². The number of nitro groups is 1. The van der Waals surface area contributed by atoms with Gasteiger partial charge in [0, 0.05) is 37.8 Å². The third kappa shape index (κ3) is 2.85. The molecule has 2 atom stereocenters. The molecule has 0 aliphatic carbocycles. The highest BCUT2D eigenvalue weighted by atomic mass is 16.6. The first kappa shape index (κ1) is 15.1. The van der Waals surface area contributed by atoms with Crippen LogP contribution in [0.4, 0.5) is 11.5 Å². The molecular weight excluding hydrogens is 304 g/mol. The van der Waals surface area contributed by atoms with Crippen molar-refractivity contribution in [2.75, 3.05) is 18.0 Å². The molecule has 0 radical (unpaired) electrons. The molecule has 3 heterocycles. The Bertz CT molecular complexity index is 706. The van der Waals surface area contributed by atoms with E-state index in [9.17, 15) is 10.1 Å². The van der Waals surface area contributed by atoms with E-state index in [2.05, 4.69) is 39.0 Å². The monoisotopic (exact) mass is 324 g/mol. The van der Waals surface area contributed by atoms with Gasteiger partial charge in [-0.3, -0.25) is 4.90 Å². The molecule has 2 saturated heterocycles. The molecule has 0 amide bonds.